The second kappa shape index (κ2) is 8.49. The van der Waals surface area contributed by atoms with E-state index in [4.69, 9.17) is 0 Å². The van der Waals surface area contributed by atoms with Crippen molar-refractivity contribution in [2.24, 2.45) is 5.92 Å². The molecular weight excluding hydrogens is 381 g/mol. The van der Waals surface area contributed by atoms with Gasteiger partial charge in [0.05, 0.1) is 5.56 Å². The summed E-state index contributed by atoms with van der Waals surface area (Å²) in [5.74, 6) is 0.112. The van der Waals surface area contributed by atoms with Gasteiger partial charge in [0.2, 0.25) is 5.78 Å². The summed E-state index contributed by atoms with van der Waals surface area (Å²) >= 11 is 0. The third-order valence-corrected chi connectivity index (χ3v) is 4.87. The molecule has 1 N–H and O–H groups in total. The van der Waals surface area contributed by atoms with Crippen LogP contribution >= 0.6 is 0 Å². The molecule has 0 amide bonds. The second-order valence-electron chi connectivity index (χ2n) is 7.87. The summed E-state index contributed by atoms with van der Waals surface area (Å²) in [5.41, 5.74) is -0.819. The zero-order valence-electron chi connectivity index (χ0n) is 16.8. The van der Waals surface area contributed by atoms with Crippen LogP contribution in [0.25, 0.3) is 0 Å². The fraction of sp³-hybridized carbons (Fsp3) is 0.476. The van der Waals surface area contributed by atoms with E-state index in [0.717, 1.165) is 12.5 Å². The molecule has 0 aliphatic carbocycles. The van der Waals surface area contributed by atoms with Gasteiger partial charge >= 0.3 is 6.18 Å². The molecule has 2 aromatic rings. The lowest BCUT2D eigenvalue weighted by Crippen LogP contribution is -2.51. The van der Waals surface area contributed by atoms with E-state index in [1.807, 2.05) is 4.90 Å². The first kappa shape index (κ1) is 21.2. The second-order valence-corrected chi connectivity index (χ2v) is 7.87. The van der Waals surface area contributed by atoms with Gasteiger partial charge in [0, 0.05) is 43.6 Å². The number of nitrogens with zero attached hydrogens (tertiary/aromatic N) is 3. The van der Waals surface area contributed by atoms with E-state index in [9.17, 15) is 18.0 Å². The van der Waals surface area contributed by atoms with Crippen LogP contribution in [0.4, 0.5) is 19.0 Å². The highest BCUT2D eigenvalue weighted by atomic mass is 19.4. The summed E-state index contributed by atoms with van der Waals surface area (Å²) < 4.78 is 40.7. The Labute approximate surface area is 168 Å². The Balaban J connectivity index is 1.97. The number of halogens is 3. The molecule has 1 atom stereocenters. The molecule has 2 aromatic heterocycles. The maximum Gasteiger partial charge on any atom is 0.418 e. The summed E-state index contributed by atoms with van der Waals surface area (Å²) in [4.78, 5) is 22.9. The first-order valence-corrected chi connectivity index (χ1v) is 9.68. The fourth-order valence-electron chi connectivity index (χ4n) is 3.60. The number of aromatic nitrogens is 2. The predicted molar refractivity (Wildman–Crippen MR) is 105 cm³/mol. The number of nitrogens with one attached hydrogen (secondary N) is 1. The van der Waals surface area contributed by atoms with Gasteiger partial charge in [0.1, 0.15) is 11.5 Å². The van der Waals surface area contributed by atoms with E-state index in [1.54, 1.807) is 13.1 Å². The molecule has 0 bridgehead atoms. The molecule has 0 aromatic carbocycles. The maximum absolute atomic E-state index is 13.6. The minimum atomic E-state index is -4.67. The number of carbonyl (C=O) groups is 1. The van der Waals surface area contributed by atoms with Crippen LogP contribution in [0.2, 0.25) is 0 Å². The number of alkyl halides is 3. The number of hydrogen-bond acceptors (Lipinski definition) is 5. The van der Waals surface area contributed by atoms with Crippen molar-refractivity contribution in [2.45, 2.75) is 39.4 Å². The minimum absolute atomic E-state index is 0.0955. The first-order chi connectivity index (χ1) is 13.6. The number of pyridine rings is 2. The average molecular weight is 406 g/mol. The fourth-order valence-corrected chi connectivity index (χ4v) is 3.60. The van der Waals surface area contributed by atoms with Crippen LogP contribution in [-0.2, 0) is 6.18 Å². The largest absolute Gasteiger partial charge is 0.418 e. The number of carbonyl (C=O) groups excluding carboxylic acids is 1. The molecule has 1 fully saturated rings. The molecule has 156 valence electrons. The molecular formula is C21H25F3N4O. The quantitative estimate of drug-likeness (QED) is 0.765. The van der Waals surface area contributed by atoms with Gasteiger partial charge in [0.25, 0.3) is 0 Å². The number of aryl methyl sites for hydroxylation is 1. The van der Waals surface area contributed by atoms with Crippen molar-refractivity contribution >= 4 is 11.6 Å². The SMILES string of the molecule is Cc1cncc(C(=O)c2nc(N3CCN[C@@H](CC(C)C)C3)ccc2C(F)(F)F)c1. The molecule has 0 unspecified atom stereocenters. The lowest BCUT2D eigenvalue weighted by molar-refractivity contribution is -0.138. The number of piperazine rings is 1. The monoisotopic (exact) mass is 406 g/mol. The molecule has 0 spiro atoms. The van der Waals surface area contributed by atoms with E-state index < -0.39 is 23.2 Å². The smallest absolute Gasteiger partial charge is 0.354 e. The normalized spacial score (nSPS) is 17.6. The standard InChI is InChI=1S/C21H25F3N4O/c1-13(2)8-16-12-28(7-6-26-16)18-5-4-17(21(22,23)24)19(27-18)20(29)15-9-14(3)10-25-11-15/h4-5,9-11,13,16,26H,6-8,12H2,1-3H3/t16-/m0/s1. The van der Waals surface area contributed by atoms with Gasteiger partial charge in [-0.1, -0.05) is 13.8 Å². The van der Waals surface area contributed by atoms with E-state index >= 15 is 0 Å². The van der Waals surface area contributed by atoms with E-state index in [1.165, 1.54) is 18.3 Å². The topological polar surface area (TPSA) is 58.1 Å². The molecule has 1 aliphatic heterocycles. The van der Waals surface area contributed by atoms with E-state index in [0.29, 0.717) is 36.9 Å². The molecule has 5 nitrogen and oxygen atoms in total. The van der Waals surface area contributed by atoms with Crippen molar-refractivity contribution in [3.05, 3.63) is 53.0 Å². The Morgan fingerprint density at radius 3 is 2.72 bits per heavy atom. The molecule has 0 saturated carbocycles. The number of anilines is 1. The predicted octanol–water partition coefficient (Wildman–Crippen LogP) is 3.86. The maximum atomic E-state index is 13.6. The molecule has 29 heavy (non-hydrogen) atoms. The Morgan fingerprint density at radius 1 is 1.31 bits per heavy atom. The van der Waals surface area contributed by atoms with Gasteiger partial charge in [-0.25, -0.2) is 4.98 Å². The van der Waals surface area contributed by atoms with Gasteiger partial charge in [-0.15, -0.1) is 0 Å². The number of rotatable bonds is 5. The summed E-state index contributed by atoms with van der Waals surface area (Å²) in [7, 11) is 0. The Bertz CT molecular complexity index is 882. The summed E-state index contributed by atoms with van der Waals surface area (Å²) in [6, 6.07) is 4.06. The zero-order valence-corrected chi connectivity index (χ0v) is 16.8. The highest BCUT2D eigenvalue weighted by Crippen LogP contribution is 2.33. The number of hydrogen-bond donors (Lipinski definition) is 1. The summed E-state index contributed by atoms with van der Waals surface area (Å²) in [5, 5.41) is 3.43. The van der Waals surface area contributed by atoms with Crippen LogP contribution in [0.3, 0.4) is 0 Å². The molecule has 3 rings (SSSR count). The van der Waals surface area contributed by atoms with Gasteiger partial charge in [-0.05, 0) is 43.0 Å². The molecule has 3 heterocycles. The molecule has 0 radical (unpaired) electrons. The molecule has 1 aliphatic rings. The van der Waals surface area contributed by atoms with Crippen molar-refractivity contribution in [1.82, 2.24) is 15.3 Å². The van der Waals surface area contributed by atoms with Crippen molar-refractivity contribution in [1.29, 1.82) is 0 Å². The highest BCUT2D eigenvalue weighted by Gasteiger charge is 2.37. The molecule has 1 saturated heterocycles. The highest BCUT2D eigenvalue weighted by molar-refractivity contribution is 6.08. The lowest BCUT2D eigenvalue weighted by Gasteiger charge is -2.35. The zero-order chi connectivity index (χ0) is 21.2. The van der Waals surface area contributed by atoms with Gasteiger partial charge in [-0.3, -0.25) is 9.78 Å². The summed E-state index contributed by atoms with van der Waals surface area (Å²) in [6.45, 7) is 7.95. The van der Waals surface area contributed by atoms with Crippen molar-refractivity contribution in [3.63, 3.8) is 0 Å². The van der Waals surface area contributed by atoms with Gasteiger partial charge in [-0.2, -0.15) is 13.2 Å². The van der Waals surface area contributed by atoms with Crippen LogP contribution in [0.1, 0.15) is 47.4 Å². The average Bonchev–Trinajstić information content (AvgIpc) is 2.66. The lowest BCUT2D eigenvalue weighted by atomic mass is 10.0. The Hall–Kier alpha value is -2.48. The Kier molecular flexibility index (Phi) is 6.21. The van der Waals surface area contributed by atoms with Crippen molar-refractivity contribution < 1.29 is 18.0 Å². The third-order valence-electron chi connectivity index (χ3n) is 4.87. The van der Waals surface area contributed by atoms with Crippen LogP contribution < -0.4 is 10.2 Å². The van der Waals surface area contributed by atoms with E-state index in [2.05, 4.69) is 29.1 Å². The van der Waals surface area contributed by atoms with Crippen LogP contribution in [0.5, 0.6) is 0 Å². The molecule has 8 heteroatoms. The van der Waals surface area contributed by atoms with E-state index in [-0.39, 0.29) is 11.6 Å². The first-order valence-electron chi connectivity index (χ1n) is 9.68. The minimum Gasteiger partial charge on any atom is -0.354 e. The van der Waals surface area contributed by atoms with Crippen molar-refractivity contribution in [2.75, 3.05) is 24.5 Å². The third kappa shape index (κ3) is 5.12. The van der Waals surface area contributed by atoms with Crippen LogP contribution in [-0.4, -0.2) is 41.4 Å². The number of ketones is 1. The van der Waals surface area contributed by atoms with Gasteiger partial charge in [0.15, 0.2) is 0 Å². The van der Waals surface area contributed by atoms with Crippen LogP contribution in [0, 0.1) is 12.8 Å². The summed E-state index contributed by atoms with van der Waals surface area (Å²) in [6.07, 6.45) is -0.899. The van der Waals surface area contributed by atoms with Gasteiger partial charge < -0.3 is 10.2 Å². The Morgan fingerprint density at radius 2 is 2.07 bits per heavy atom. The van der Waals surface area contributed by atoms with Crippen molar-refractivity contribution in [3.8, 4) is 0 Å². The van der Waals surface area contributed by atoms with Crippen LogP contribution in [0.15, 0.2) is 30.6 Å².